The molecule has 4 nitrogen and oxygen atoms in total. The summed E-state index contributed by atoms with van der Waals surface area (Å²) in [5.74, 6) is 0. The van der Waals surface area contributed by atoms with Crippen LogP contribution >= 0.6 is 7.37 Å². The Labute approximate surface area is 77.0 Å². The van der Waals surface area contributed by atoms with E-state index in [9.17, 15) is 4.57 Å². The third-order valence-corrected chi connectivity index (χ3v) is 1.33. The van der Waals surface area contributed by atoms with Crippen LogP contribution in [0.2, 0.25) is 0 Å². The van der Waals surface area contributed by atoms with E-state index in [1.165, 1.54) is 0 Å². The fourth-order valence-corrected chi connectivity index (χ4v) is 0.134. The van der Waals surface area contributed by atoms with E-state index in [-0.39, 0.29) is 37.7 Å². The van der Waals surface area contributed by atoms with Crippen molar-refractivity contribution >= 4 is 45.1 Å². The average Bonchev–Trinajstić information content (AvgIpc) is 1.68. The quantitative estimate of drug-likeness (QED) is 0.337. The second kappa shape index (κ2) is 5.18. The normalized spacial score (nSPS) is 10.4. The molecule has 0 rings (SSSR count). The van der Waals surface area contributed by atoms with Gasteiger partial charge in [0.2, 0.25) is 7.37 Å². The minimum atomic E-state index is -3.54. The average molecular weight is 168 g/mol. The van der Waals surface area contributed by atoms with Crippen LogP contribution in [0.1, 0.15) is 0 Å². The zero-order chi connectivity index (χ0) is 5.91. The van der Waals surface area contributed by atoms with E-state index in [4.69, 9.17) is 15.1 Å². The van der Waals surface area contributed by atoms with Crippen LogP contribution in [-0.4, -0.2) is 65.5 Å². The first-order valence-corrected chi connectivity index (χ1v) is 3.68. The van der Waals surface area contributed by atoms with Gasteiger partial charge in [-0.25, -0.2) is 0 Å². The van der Waals surface area contributed by atoms with Crippen molar-refractivity contribution in [3.05, 3.63) is 0 Å². The summed E-state index contributed by atoms with van der Waals surface area (Å²) in [6.07, 6.45) is -1.69. The fraction of sp³-hybridized carbons (Fsp3) is 1.00. The van der Waals surface area contributed by atoms with E-state index in [1.807, 2.05) is 0 Å². The van der Waals surface area contributed by atoms with Crippen LogP contribution in [0.15, 0.2) is 0 Å². The molecule has 0 aliphatic heterocycles. The van der Waals surface area contributed by atoms with E-state index in [0.29, 0.717) is 0 Å². The molecule has 0 saturated carbocycles. The van der Waals surface area contributed by atoms with Crippen molar-refractivity contribution < 1.29 is 19.7 Å². The standard InChI is InChI=1S/C2H7O4P.Ca.2H/c3-1-7(5,6)2-4;;;/h3-4H,1-2H2,(H,5,6);;;. The van der Waals surface area contributed by atoms with Crippen molar-refractivity contribution in [2.45, 2.75) is 0 Å². The molecule has 48 valence electrons. The Morgan fingerprint density at radius 3 is 1.50 bits per heavy atom. The van der Waals surface area contributed by atoms with E-state index in [2.05, 4.69) is 0 Å². The van der Waals surface area contributed by atoms with Crippen LogP contribution in [0.4, 0.5) is 0 Å². The molecule has 0 amide bonds. The summed E-state index contributed by atoms with van der Waals surface area (Å²) in [7, 11) is -3.54. The fourth-order valence-electron chi connectivity index (χ4n) is 0.0447. The Morgan fingerprint density at radius 2 is 1.50 bits per heavy atom. The minimum absolute atomic E-state index is 0. The number of rotatable bonds is 2. The Kier molecular flexibility index (Phi) is 7.82. The molecule has 0 fully saturated rings. The summed E-state index contributed by atoms with van der Waals surface area (Å²) in [6, 6.07) is 0. The first kappa shape index (κ1) is 12.1. The molecule has 0 heterocycles. The molecule has 0 spiro atoms. The Morgan fingerprint density at radius 1 is 1.25 bits per heavy atom. The van der Waals surface area contributed by atoms with Gasteiger partial charge in [0.05, 0.1) is 0 Å². The Hall–Kier alpha value is 1.37. The predicted molar refractivity (Wildman–Crippen MR) is 32.5 cm³/mol. The predicted octanol–water partition coefficient (Wildman–Crippen LogP) is -1.76. The van der Waals surface area contributed by atoms with Gasteiger partial charge >= 0.3 is 37.7 Å². The molecule has 0 saturated heterocycles. The second-order valence-corrected chi connectivity index (χ2v) is 3.39. The van der Waals surface area contributed by atoms with Gasteiger partial charge in [0.25, 0.3) is 0 Å². The third kappa shape index (κ3) is 5.51. The molecule has 0 bridgehead atoms. The van der Waals surface area contributed by atoms with Gasteiger partial charge in [0.1, 0.15) is 12.7 Å². The summed E-state index contributed by atoms with van der Waals surface area (Å²) in [4.78, 5) is 8.19. The van der Waals surface area contributed by atoms with Crippen LogP contribution in [0, 0.1) is 0 Å². The molecule has 6 heteroatoms. The molecule has 0 aromatic rings. The van der Waals surface area contributed by atoms with Crippen molar-refractivity contribution in [1.29, 1.82) is 0 Å². The first-order valence-electron chi connectivity index (χ1n) is 1.65. The van der Waals surface area contributed by atoms with E-state index in [1.54, 1.807) is 0 Å². The van der Waals surface area contributed by atoms with E-state index >= 15 is 0 Å². The summed E-state index contributed by atoms with van der Waals surface area (Å²) >= 11 is 0. The molecule has 0 aliphatic carbocycles. The van der Waals surface area contributed by atoms with Crippen LogP contribution < -0.4 is 0 Å². The molecule has 0 aromatic heterocycles. The summed E-state index contributed by atoms with van der Waals surface area (Å²) in [5.41, 5.74) is 0. The second-order valence-electron chi connectivity index (χ2n) is 1.13. The van der Waals surface area contributed by atoms with Gasteiger partial charge in [-0.3, -0.25) is 4.57 Å². The van der Waals surface area contributed by atoms with Crippen LogP contribution in [0.25, 0.3) is 0 Å². The number of hydrogen-bond acceptors (Lipinski definition) is 3. The monoisotopic (exact) mass is 168 g/mol. The van der Waals surface area contributed by atoms with Crippen LogP contribution in [-0.2, 0) is 4.57 Å². The third-order valence-electron chi connectivity index (χ3n) is 0.442. The molecule has 0 aromatic carbocycles. The maximum absolute atomic E-state index is 10.0. The van der Waals surface area contributed by atoms with Gasteiger partial charge in [-0.05, 0) is 0 Å². The molecule has 0 unspecified atom stereocenters. The number of aliphatic hydroxyl groups is 2. The zero-order valence-corrected chi connectivity index (χ0v) is 4.51. The molecule has 0 aliphatic rings. The number of hydrogen-bond donors (Lipinski definition) is 3. The topological polar surface area (TPSA) is 77.8 Å². The molecule has 0 radical (unpaired) electrons. The Bertz CT molecular complexity index is 86.0. The van der Waals surface area contributed by atoms with Crippen molar-refractivity contribution in [3.8, 4) is 0 Å². The first-order chi connectivity index (χ1) is 3.12. The summed E-state index contributed by atoms with van der Waals surface area (Å²) < 4.78 is 10.0. The molecule has 8 heavy (non-hydrogen) atoms. The maximum atomic E-state index is 10.0. The van der Waals surface area contributed by atoms with Gasteiger partial charge in [0.15, 0.2) is 0 Å². The van der Waals surface area contributed by atoms with E-state index < -0.39 is 20.1 Å². The van der Waals surface area contributed by atoms with Crippen molar-refractivity contribution in [2.75, 3.05) is 12.7 Å². The van der Waals surface area contributed by atoms with Gasteiger partial charge in [-0.1, -0.05) is 0 Å². The van der Waals surface area contributed by atoms with Gasteiger partial charge in [0, 0.05) is 0 Å². The SMILES string of the molecule is O=P(O)(CO)CO.[CaH2]. The molecular formula is C2H9CaO4P. The summed E-state index contributed by atoms with van der Waals surface area (Å²) in [6.45, 7) is 0. The molecule has 3 N–H and O–H groups in total. The number of aliphatic hydroxyl groups excluding tert-OH is 2. The van der Waals surface area contributed by atoms with Crippen molar-refractivity contribution in [2.24, 2.45) is 0 Å². The van der Waals surface area contributed by atoms with Crippen molar-refractivity contribution in [3.63, 3.8) is 0 Å². The zero-order valence-electron chi connectivity index (χ0n) is 3.61. The van der Waals surface area contributed by atoms with Gasteiger partial charge < -0.3 is 15.1 Å². The van der Waals surface area contributed by atoms with Crippen molar-refractivity contribution in [1.82, 2.24) is 0 Å². The molecule has 0 atom stereocenters. The van der Waals surface area contributed by atoms with Crippen LogP contribution in [0.3, 0.4) is 0 Å². The van der Waals surface area contributed by atoms with Gasteiger partial charge in [-0.15, -0.1) is 0 Å². The summed E-state index contributed by atoms with van der Waals surface area (Å²) in [5, 5.41) is 15.8. The van der Waals surface area contributed by atoms with Gasteiger partial charge in [-0.2, -0.15) is 0 Å². The van der Waals surface area contributed by atoms with E-state index in [0.717, 1.165) is 0 Å². The molecular weight excluding hydrogens is 159 g/mol. The Balaban J connectivity index is 0. The van der Waals surface area contributed by atoms with Crippen LogP contribution in [0.5, 0.6) is 0 Å².